The molecule has 0 radical (unpaired) electrons. The van der Waals surface area contributed by atoms with Gasteiger partial charge in [0.25, 0.3) is 0 Å². The molecule has 1 aromatic rings. The molecule has 2 nitrogen and oxygen atoms in total. The van der Waals surface area contributed by atoms with Crippen LogP contribution >= 0.6 is 0 Å². The highest BCUT2D eigenvalue weighted by atomic mass is 19.2. The molecular formula is C26H32F3NO. The summed E-state index contributed by atoms with van der Waals surface area (Å²) in [6.45, 7) is 0.805. The van der Waals surface area contributed by atoms with E-state index >= 15 is 0 Å². The predicted octanol–water partition coefficient (Wildman–Crippen LogP) is 7.53. The summed E-state index contributed by atoms with van der Waals surface area (Å²) in [5, 5.41) is 8.36. The highest BCUT2D eigenvalue weighted by Gasteiger charge is 2.26. The van der Waals surface area contributed by atoms with Crippen molar-refractivity contribution in [2.24, 2.45) is 11.8 Å². The van der Waals surface area contributed by atoms with Crippen LogP contribution in [-0.4, -0.2) is 12.7 Å². The molecule has 5 heteroatoms. The molecule has 3 rings (SSSR count). The Labute approximate surface area is 183 Å². The molecule has 2 aliphatic carbocycles. The maximum atomic E-state index is 13.5. The third-order valence-electron chi connectivity index (χ3n) is 6.85. The average Bonchev–Trinajstić information content (AvgIpc) is 2.80. The molecule has 2 fully saturated rings. The SMILES string of the molecule is N#C/C(F)=C/C=C/CC[C@H]1CC[C@H](OC[C@H]2CC[C@H](c3ccc(F)c(F)c3)CC2)CC1. The number of halogens is 3. The topological polar surface area (TPSA) is 33.0 Å². The van der Waals surface area contributed by atoms with Crippen LogP contribution in [0.25, 0.3) is 0 Å². The first-order valence-corrected chi connectivity index (χ1v) is 11.5. The van der Waals surface area contributed by atoms with Crippen LogP contribution in [0.1, 0.15) is 75.7 Å². The smallest absolute Gasteiger partial charge is 0.199 e. The van der Waals surface area contributed by atoms with Gasteiger partial charge in [-0.2, -0.15) is 9.65 Å². The molecule has 1 aromatic carbocycles. The fourth-order valence-corrected chi connectivity index (χ4v) is 4.91. The lowest BCUT2D eigenvalue weighted by Crippen LogP contribution is -2.25. The van der Waals surface area contributed by atoms with E-state index in [1.165, 1.54) is 37.1 Å². The summed E-state index contributed by atoms with van der Waals surface area (Å²) in [6.07, 6.45) is 15.8. The summed E-state index contributed by atoms with van der Waals surface area (Å²) in [5.74, 6) is -0.707. The first-order valence-electron chi connectivity index (χ1n) is 11.5. The molecule has 0 unspecified atom stereocenters. The third-order valence-corrected chi connectivity index (χ3v) is 6.85. The van der Waals surface area contributed by atoms with Crippen LogP contribution in [0.5, 0.6) is 0 Å². The Kier molecular flexibility index (Phi) is 9.21. The van der Waals surface area contributed by atoms with Gasteiger partial charge in [-0.1, -0.05) is 18.2 Å². The lowest BCUT2D eigenvalue weighted by atomic mass is 9.79. The van der Waals surface area contributed by atoms with E-state index in [0.29, 0.717) is 23.9 Å². The molecule has 0 amide bonds. The molecule has 0 aliphatic heterocycles. The zero-order chi connectivity index (χ0) is 22.1. The van der Waals surface area contributed by atoms with Crippen molar-refractivity contribution < 1.29 is 17.9 Å². The number of hydrogen-bond acceptors (Lipinski definition) is 2. The van der Waals surface area contributed by atoms with Gasteiger partial charge in [0.2, 0.25) is 0 Å². The summed E-state index contributed by atoms with van der Waals surface area (Å²) in [4.78, 5) is 0. The van der Waals surface area contributed by atoms with Crippen LogP contribution in [0, 0.1) is 34.8 Å². The van der Waals surface area contributed by atoms with Gasteiger partial charge >= 0.3 is 0 Å². The molecular weight excluding hydrogens is 399 g/mol. The number of nitrogens with zero attached hydrogens (tertiary/aromatic N) is 1. The number of nitriles is 1. The van der Waals surface area contributed by atoms with Crippen LogP contribution in [-0.2, 0) is 4.74 Å². The second kappa shape index (κ2) is 12.1. The highest BCUT2D eigenvalue weighted by molar-refractivity contribution is 5.22. The van der Waals surface area contributed by atoms with Gasteiger partial charge in [0.05, 0.1) is 6.10 Å². The van der Waals surface area contributed by atoms with Gasteiger partial charge in [-0.05, 0) is 106 Å². The molecule has 0 spiro atoms. The fourth-order valence-electron chi connectivity index (χ4n) is 4.91. The minimum atomic E-state index is -0.778. The largest absolute Gasteiger partial charge is 0.378 e. The maximum absolute atomic E-state index is 13.5. The van der Waals surface area contributed by atoms with E-state index in [9.17, 15) is 13.2 Å². The third kappa shape index (κ3) is 7.54. The van der Waals surface area contributed by atoms with E-state index in [4.69, 9.17) is 10.00 Å². The quantitative estimate of drug-likeness (QED) is 0.315. The zero-order valence-electron chi connectivity index (χ0n) is 18.0. The Morgan fingerprint density at radius 2 is 1.71 bits per heavy atom. The van der Waals surface area contributed by atoms with Gasteiger partial charge in [0.1, 0.15) is 6.07 Å². The molecule has 0 saturated heterocycles. The second-order valence-electron chi connectivity index (χ2n) is 9.00. The zero-order valence-corrected chi connectivity index (χ0v) is 18.0. The monoisotopic (exact) mass is 431 g/mol. The standard InChI is InChI=1S/C26H32F3NO/c27-23(17-30)5-3-1-2-4-19-8-13-24(14-9-19)31-18-20-6-10-21(11-7-20)22-12-15-25(28)26(29)16-22/h1,3,5,12,15-16,19-21,24H,2,4,6-11,13-14,18H2/b3-1+,23-5-/t19-,20-,21-,24-. The van der Waals surface area contributed by atoms with Gasteiger partial charge in [-0.25, -0.2) is 8.78 Å². The Morgan fingerprint density at radius 3 is 2.39 bits per heavy atom. The maximum Gasteiger partial charge on any atom is 0.199 e. The lowest BCUT2D eigenvalue weighted by molar-refractivity contribution is -0.00824. The molecule has 0 N–H and O–H groups in total. The van der Waals surface area contributed by atoms with Crippen molar-refractivity contribution in [1.29, 1.82) is 5.26 Å². The van der Waals surface area contributed by atoms with Crippen LogP contribution < -0.4 is 0 Å². The summed E-state index contributed by atoms with van der Waals surface area (Å²) >= 11 is 0. The van der Waals surface area contributed by atoms with E-state index in [0.717, 1.165) is 63.5 Å². The van der Waals surface area contributed by atoms with E-state index in [-0.39, 0.29) is 0 Å². The van der Waals surface area contributed by atoms with Gasteiger partial charge in [-0.3, -0.25) is 0 Å². The predicted molar refractivity (Wildman–Crippen MR) is 116 cm³/mol. The molecule has 31 heavy (non-hydrogen) atoms. The molecule has 2 saturated carbocycles. The number of rotatable bonds is 8. The minimum absolute atomic E-state index is 0.322. The Balaban J connectivity index is 1.29. The Bertz CT molecular complexity index is 797. The van der Waals surface area contributed by atoms with E-state index in [1.807, 2.05) is 6.08 Å². The summed E-state index contributed by atoms with van der Waals surface area (Å²) in [6, 6.07) is 5.77. The van der Waals surface area contributed by atoms with Gasteiger partial charge < -0.3 is 4.74 Å². The number of benzene rings is 1. The number of hydrogen-bond donors (Lipinski definition) is 0. The summed E-state index contributed by atoms with van der Waals surface area (Å²) in [7, 11) is 0. The lowest BCUT2D eigenvalue weighted by Gasteiger charge is -2.32. The highest BCUT2D eigenvalue weighted by Crippen LogP contribution is 2.37. The van der Waals surface area contributed by atoms with E-state index < -0.39 is 17.5 Å². The minimum Gasteiger partial charge on any atom is -0.378 e. The van der Waals surface area contributed by atoms with Crippen LogP contribution in [0.3, 0.4) is 0 Å². The number of allylic oxidation sites excluding steroid dienone is 4. The molecule has 2 aliphatic rings. The van der Waals surface area contributed by atoms with Crippen LogP contribution in [0.2, 0.25) is 0 Å². The first-order chi connectivity index (χ1) is 15.0. The van der Waals surface area contributed by atoms with E-state index in [1.54, 1.807) is 12.1 Å². The van der Waals surface area contributed by atoms with Crippen molar-refractivity contribution in [3.63, 3.8) is 0 Å². The van der Waals surface area contributed by atoms with Crippen LogP contribution in [0.4, 0.5) is 13.2 Å². The summed E-state index contributed by atoms with van der Waals surface area (Å²) in [5.41, 5.74) is 0.914. The average molecular weight is 432 g/mol. The molecule has 0 atom stereocenters. The van der Waals surface area contributed by atoms with E-state index in [2.05, 4.69) is 0 Å². The van der Waals surface area contributed by atoms with Crippen molar-refractivity contribution in [1.82, 2.24) is 0 Å². The molecule has 0 heterocycles. The van der Waals surface area contributed by atoms with Gasteiger partial charge in [0, 0.05) is 6.61 Å². The van der Waals surface area contributed by atoms with Crippen LogP contribution in [0.15, 0.2) is 42.3 Å². The Morgan fingerprint density at radius 1 is 1.00 bits per heavy atom. The normalized spacial score (nSPS) is 27.4. The van der Waals surface area contributed by atoms with Crippen molar-refractivity contribution in [2.75, 3.05) is 6.61 Å². The molecule has 168 valence electrons. The first kappa shape index (κ1) is 23.6. The second-order valence-corrected chi connectivity index (χ2v) is 9.00. The Hall–Kier alpha value is -2.06. The van der Waals surface area contributed by atoms with Crippen molar-refractivity contribution >= 4 is 0 Å². The van der Waals surface area contributed by atoms with Gasteiger partial charge in [-0.15, -0.1) is 0 Å². The molecule has 0 aromatic heterocycles. The van der Waals surface area contributed by atoms with Gasteiger partial charge in [0.15, 0.2) is 17.5 Å². The molecule has 0 bridgehead atoms. The summed E-state index contributed by atoms with van der Waals surface area (Å²) < 4.78 is 45.5. The fraction of sp³-hybridized carbons (Fsp3) is 0.577. The number of ether oxygens (including phenoxy) is 1. The van der Waals surface area contributed by atoms with Crippen molar-refractivity contribution in [3.8, 4) is 6.07 Å². The van der Waals surface area contributed by atoms with Crippen molar-refractivity contribution in [3.05, 3.63) is 59.5 Å². The van der Waals surface area contributed by atoms with Crippen molar-refractivity contribution in [2.45, 2.75) is 76.2 Å².